The summed E-state index contributed by atoms with van der Waals surface area (Å²) in [6.07, 6.45) is 1.39. The van der Waals surface area contributed by atoms with Crippen molar-refractivity contribution in [3.05, 3.63) is 83.7 Å². The molecule has 0 amide bonds. The molecule has 0 spiro atoms. The summed E-state index contributed by atoms with van der Waals surface area (Å²) >= 11 is 0. The maximum absolute atomic E-state index is 13.3. The first-order valence-electron chi connectivity index (χ1n) is 10.4. The maximum atomic E-state index is 13.3. The smallest absolute Gasteiger partial charge is 0.174 e. The van der Waals surface area contributed by atoms with Gasteiger partial charge in [-0.05, 0) is 60.4 Å². The van der Waals surface area contributed by atoms with Gasteiger partial charge in [-0.25, -0.2) is 4.39 Å². The molecular formula is C25H23FN2O3. The van der Waals surface area contributed by atoms with Crippen molar-refractivity contribution in [2.45, 2.75) is 25.0 Å². The molecule has 0 saturated carbocycles. The van der Waals surface area contributed by atoms with Gasteiger partial charge in [-0.3, -0.25) is 0 Å². The SMILES string of the molecule is O[C@H](CNC1Cc2ccccc2C1)COc1ccc(-c2onc3cc(F)ccc23)cc1. The summed E-state index contributed by atoms with van der Waals surface area (Å²) in [4.78, 5) is 0. The van der Waals surface area contributed by atoms with E-state index >= 15 is 0 Å². The fourth-order valence-corrected chi connectivity index (χ4v) is 4.08. The average Bonchev–Trinajstić information content (AvgIpc) is 3.40. The second-order valence-corrected chi connectivity index (χ2v) is 7.94. The molecule has 31 heavy (non-hydrogen) atoms. The van der Waals surface area contributed by atoms with E-state index in [0.29, 0.717) is 29.6 Å². The Labute approximate surface area is 179 Å². The Balaban J connectivity index is 1.13. The van der Waals surface area contributed by atoms with Crippen molar-refractivity contribution in [3.63, 3.8) is 0 Å². The molecule has 0 bridgehead atoms. The van der Waals surface area contributed by atoms with Crippen LogP contribution in [0.1, 0.15) is 11.1 Å². The van der Waals surface area contributed by atoms with Crippen molar-refractivity contribution in [1.29, 1.82) is 0 Å². The lowest BCUT2D eigenvalue weighted by molar-refractivity contribution is 0.104. The zero-order chi connectivity index (χ0) is 21.2. The summed E-state index contributed by atoms with van der Waals surface area (Å²) in [6, 6.07) is 20.6. The van der Waals surface area contributed by atoms with Crippen molar-refractivity contribution in [2.24, 2.45) is 0 Å². The number of fused-ring (bicyclic) bond motifs is 2. The van der Waals surface area contributed by atoms with E-state index in [1.54, 1.807) is 6.07 Å². The summed E-state index contributed by atoms with van der Waals surface area (Å²) in [7, 11) is 0. The number of nitrogens with one attached hydrogen (secondary N) is 1. The van der Waals surface area contributed by atoms with E-state index < -0.39 is 6.10 Å². The van der Waals surface area contributed by atoms with Crippen molar-refractivity contribution in [2.75, 3.05) is 13.2 Å². The molecular weight excluding hydrogens is 395 g/mol. The molecule has 0 fully saturated rings. The van der Waals surface area contributed by atoms with Crippen LogP contribution in [-0.4, -0.2) is 35.6 Å². The lowest BCUT2D eigenvalue weighted by Crippen LogP contribution is -2.38. The molecule has 1 heterocycles. The molecule has 1 aliphatic carbocycles. The molecule has 5 nitrogen and oxygen atoms in total. The molecule has 1 atom stereocenters. The van der Waals surface area contributed by atoms with Gasteiger partial charge in [-0.2, -0.15) is 0 Å². The first-order valence-corrected chi connectivity index (χ1v) is 10.4. The number of benzene rings is 3. The number of nitrogens with zero attached hydrogens (tertiary/aromatic N) is 1. The Morgan fingerprint density at radius 3 is 2.55 bits per heavy atom. The molecule has 158 valence electrons. The lowest BCUT2D eigenvalue weighted by atomic mass is 10.1. The molecule has 0 radical (unpaired) electrons. The number of aliphatic hydroxyl groups excluding tert-OH is 1. The third-order valence-electron chi connectivity index (χ3n) is 5.69. The summed E-state index contributed by atoms with van der Waals surface area (Å²) in [5.74, 6) is 0.899. The van der Waals surface area contributed by atoms with E-state index in [1.807, 2.05) is 24.3 Å². The Morgan fingerprint density at radius 2 is 1.81 bits per heavy atom. The number of hydrogen-bond donors (Lipinski definition) is 2. The average molecular weight is 418 g/mol. The van der Waals surface area contributed by atoms with Crippen LogP contribution >= 0.6 is 0 Å². The minimum absolute atomic E-state index is 0.205. The second kappa shape index (κ2) is 8.49. The molecule has 6 heteroatoms. The van der Waals surface area contributed by atoms with Gasteiger partial charge in [0.1, 0.15) is 29.8 Å². The summed E-state index contributed by atoms with van der Waals surface area (Å²) < 4.78 is 24.5. The van der Waals surface area contributed by atoms with Crippen LogP contribution in [0.5, 0.6) is 5.75 Å². The van der Waals surface area contributed by atoms with Gasteiger partial charge in [0.05, 0.1) is 0 Å². The third-order valence-corrected chi connectivity index (χ3v) is 5.69. The number of hydrogen-bond acceptors (Lipinski definition) is 5. The van der Waals surface area contributed by atoms with Gasteiger partial charge in [0.25, 0.3) is 0 Å². The zero-order valence-electron chi connectivity index (χ0n) is 16.9. The molecule has 5 rings (SSSR count). The van der Waals surface area contributed by atoms with Crippen LogP contribution in [0.3, 0.4) is 0 Å². The van der Waals surface area contributed by atoms with Crippen LogP contribution in [0, 0.1) is 5.82 Å². The van der Waals surface area contributed by atoms with Crippen molar-refractivity contribution < 1.29 is 18.8 Å². The van der Waals surface area contributed by atoms with E-state index in [0.717, 1.165) is 23.8 Å². The van der Waals surface area contributed by atoms with Crippen LogP contribution in [0.15, 0.2) is 71.3 Å². The maximum Gasteiger partial charge on any atom is 0.174 e. The highest BCUT2D eigenvalue weighted by molar-refractivity contribution is 5.91. The molecule has 0 saturated heterocycles. The van der Waals surface area contributed by atoms with Crippen LogP contribution < -0.4 is 10.1 Å². The molecule has 1 aliphatic rings. The van der Waals surface area contributed by atoms with Gasteiger partial charge in [0.15, 0.2) is 5.76 Å². The van der Waals surface area contributed by atoms with Gasteiger partial charge < -0.3 is 19.7 Å². The van der Waals surface area contributed by atoms with Crippen molar-refractivity contribution >= 4 is 10.9 Å². The molecule has 4 aromatic rings. The van der Waals surface area contributed by atoms with Crippen molar-refractivity contribution in [3.8, 4) is 17.1 Å². The number of ether oxygens (including phenoxy) is 1. The van der Waals surface area contributed by atoms with Crippen LogP contribution in [-0.2, 0) is 12.8 Å². The molecule has 1 aromatic heterocycles. The largest absolute Gasteiger partial charge is 0.491 e. The number of aromatic nitrogens is 1. The van der Waals surface area contributed by atoms with Crippen LogP contribution in [0.25, 0.3) is 22.2 Å². The molecule has 2 N–H and O–H groups in total. The molecule has 0 unspecified atom stereocenters. The highest BCUT2D eigenvalue weighted by Crippen LogP contribution is 2.30. The summed E-state index contributed by atoms with van der Waals surface area (Å²) in [5, 5.41) is 18.4. The van der Waals surface area contributed by atoms with Gasteiger partial charge in [0, 0.05) is 29.6 Å². The predicted octanol–water partition coefficient (Wildman–Crippen LogP) is 4.13. The number of halogens is 1. The van der Waals surface area contributed by atoms with Gasteiger partial charge in [-0.1, -0.05) is 29.4 Å². The molecule has 0 aliphatic heterocycles. The summed E-state index contributed by atoms with van der Waals surface area (Å²) in [5.41, 5.74) is 4.08. The van der Waals surface area contributed by atoms with Gasteiger partial charge >= 0.3 is 0 Å². The molecule has 3 aromatic carbocycles. The van der Waals surface area contributed by atoms with Gasteiger partial charge in [0.2, 0.25) is 0 Å². The second-order valence-electron chi connectivity index (χ2n) is 7.94. The Kier molecular flexibility index (Phi) is 5.40. The van der Waals surface area contributed by atoms with Crippen LogP contribution in [0.2, 0.25) is 0 Å². The third kappa shape index (κ3) is 4.31. The number of rotatable bonds is 7. The fourth-order valence-electron chi connectivity index (χ4n) is 4.08. The highest BCUT2D eigenvalue weighted by Gasteiger charge is 2.21. The lowest BCUT2D eigenvalue weighted by Gasteiger charge is -2.17. The zero-order valence-corrected chi connectivity index (χ0v) is 16.9. The first kappa shape index (κ1) is 19.7. The topological polar surface area (TPSA) is 67.5 Å². The minimum atomic E-state index is -0.600. The highest BCUT2D eigenvalue weighted by atomic mass is 19.1. The van der Waals surface area contributed by atoms with Gasteiger partial charge in [-0.15, -0.1) is 0 Å². The normalized spacial score (nSPS) is 14.6. The quantitative estimate of drug-likeness (QED) is 0.472. The monoisotopic (exact) mass is 418 g/mol. The Hall–Kier alpha value is -3.22. The first-order chi connectivity index (χ1) is 15.2. The number of aliphatic hydroxyl groups is 1. The van der Waals surface area contributed by atoms with E-state index in [9.17, 15) is 9.50 Å². The van der Waals surface area contributed by atoms with E-state index in [-0.39, 0.29) is 12.4 Å². The van der Waals surface area contributed by atoms with Crippen LogP contribution in [0.4, 0.5) is 4.39 Å². The minimum Gasteiger partial charge on any atom is -0.491 e. The Bertz CT molecular complexity index is 1160. The fraction of sp³-hybridized carbons (Fsp3) is 0.240. The Morgan fingerprint density at radius 1 is 1.06 bits per heavy atom. The van der Waals surface area contributed by atoms with E-state index in [1.165, 1.54) is 23.3 Å². The standard InChI is InChI=1S/C25H23FN2O3/c26-19-7-10-23-24(13-19)28-31-25(23)16-5-8-22(9-6-16)30-15-21(29)14-27-20-11-17-3-1-2-4-18(17)12-20/h1-10,13,20-21,27,29H,11-12,14-15H2/t21-/m1/s1. The van der Waals surface area contributed by atoms with E-state index in [4.69, 9.17) is 9.26 Å². The summed E-state index contributed by atoms with van der Waals surface area (Å²) in [6.45, 7) is 0.688. The predicted molar refractivity (Wildman–Crippen MR) is 117 cm³/mol. The van der Waals surface area contributed by atoms with E-state index in [2.05, 4.69) is 34.7 Å². The van der Waals surface area contributed by atoms with Crippen molar-refractivity contribution in [1.82, 2.24) is 10.5 Å².